The highest BCUT2D eigenvalue weighted by molar-refractivity contribution is 9.10. The third-order valence-electron chi connectivity index (χ3n) is 3.56. The molecular formula is C15H17BrN4O. The van der Waals surface area contributed by atoms with Crippen molar-refractivity contribution in [3.63, 3.8) is 0 Å². The van der Waals surface area contributed by atoms with Gasteiger partial charge in [-0.1, -0.05) is 0 Å². The number of benzene rings is 1. The molecule has 1 aliphatic carbocycles. The van der Waals surface area contributed by atoms with Crippen LogP contribution in [0.25, 0.3) is 10.9 Å². The van der Waals surface area contributed by atoms with E-state index >= 15 is 0 Å². The van der Waals surface area contributed by atoms with Gasteiger partial charge in [-0.2, -0.15) is 0 Å². The number of rotatable bonds is 4. The standard InChI is InChI=1S/C15H17BrN4O/c1-20(8-14(21)19-10-2-3-10)13-5-4-12(17)11-6-9(16)7-18-15(11)13/h4-7,10H,2-3,8,17H2,1H3,(H,19,21). The molecule has 1 saturated carbocycles. The van der Waals surface area contributed by atoms with Gasteiger partial charge in [0.25, 0.3) is 0 Å². The Balaban J connectivity index is 1.88. The third-order valence-corrected chi connectivity index (χ3v) is 4.00. The summed E-state index contributed by atoms with van der Waals surface area (Å²) in [6.45, 7) is 0.313. The zero-order valence-electron chi connectivity index (χ0n) is 11.8. The lowest BCUT2D eigenvalue weighted by Crippen LogP contribution is -2.36. The molecule has 0 unspecified atom stereocenters. The Morgan fingerprint density at radius 3 is 3.00 bits per heavy atom. The molecule has 6 heteroatoms. The number of nitrogens with one attached hydrogen (secondary N) is 1. The van der Waals surface area contributed by atoms with Gasteiger partial charge in [-0.15, -0.1) is 0 Å². The van der Waals surface area contributed by atoms with Crippen molar-refractivity contribution in [2.24, 2.45) is 0 Å². The monoisotopic (exact) mass is 348 g/mol. The van der Waals surface area contributed by atoms with Gasteiger partial charge >= 0.3 is 0 Å². The van der Waals surface area contributed by atoms with Crippen molar-refractivity contribution >= 4 is 44.1 Å². The van der Waals surface area contributed by atoms with E-state index in [4.69, 9.17) is 5.73 Å². The van der Waals surface area contributed by atoms with Crippen LogP contribution >= 0.6 is 15.9 Å². The number of carbonyl (C=O) groups excluding carboxylic acids is 1. The summed E-state index contributed by atoms with van der Waals surface area (Å²) in [6, 6.07) is 6.08. The van der Waals surface area contributed by atoms with Crippen LogP contribution in [0.3, 0.4) is 0 Å². The largest absolute Gasteiger partial charge is 0.398 e. The van der Waals surface area contributed by atoms with Gasteiger partial charge in [0, 0.05) is 34.8 Å². The topological polar surface area (TPSA) is 71.2 Å². The van der Waals surface area contributed by atoms with Crippen LogP contribution in [0.5, 0.6) is 0 Å². The number of amides is 1. The van der Waals surface area contributed by atoms with Crippen LogP contribution in [-0.4, -0.2) is 30.5 Å². The molecule has 3 N–H and O–H groups in total. The Kier molecular flexibility index (Phi) is 3.71. The molecule has 0 spiro atoms. The minimum absolute atomic E-state index is 0.0436. The van der Waals surface area contributed by atoms with Gasteiger partial charge in [0.05, 0.1) is 17.7 Å². The highest BCUT2D eigenvalue weighted by Crippen LogP contribution is 2.30. The lowest BCUT2D eigenvalue weighted by atomic mass is 10.1. The number of nitrogens with two attached hydrogens (primary N) is 1. The number of hydrogen-bond acceptors (Lipinski definition) is 4. The number of carbonyl (C=O) groups is 1. The predicted octanol–water partition coefficient (Wildman–Crippen LogP) is 2.29. The molecule has 3 rings (SSSR count). The fourth-order valence-electron chi connectivity index (χ4n) is 2.31. The van der Waals surface area contributed by atoms with Crippen molar-refractivity contribution in [2.75, 3.05) is 24.2 Å². The smallest absolute Gasteiger partial charge is 0.239 e. The molecule has 21 heavy (non-hydrogen) atoms. The maximum atomic E-state index is 11.9. The predicted molar refractivity (Wildman–Crippen MR) is 88.3 cm³/mol. The van der Waals surface area contributed by atoms with E-state index < -0.39 is 0 Å². The number of hydrogen-bond donors (Lipinski definition) is 2. The molecule has 1 aromatic heterocycles. The minimum atomic E-state index is 0.0436. The molecule has 0 saturated heterocycles. The van der Waals surface area contributed by atoms with Crippen molar-refractivity contribution in [1.82, 2.24) is 10.3 Å². The van der Waals surface area contributed by atoms with Gasteiger partial charge in [-0.25, -0.2) is 0 Å². The van der Waals surface area contributed by atoms with E-state index in [0.717, 1.165) is 33.9 Å². The highest BCUT2D eigenvalue weighted by atomic mass is 79.9. The molecule has 1 amide bonds. The van der Waals surface area contributed by atoms with Gasteiger partial charge < -0.3 is 16.0 Å². The number of likely N-dealkylation sites (N-methyl/N-ethyl adjacent to an activating group) is 1. The van der Waals surface area contributed by atoms with E-state index in [1.165, 1.54) is 0 Å². The number of nitrogen functional groups attached to an aromatic ring is 1. The van der Waals surface area contributed by atoms with Crippen LogP contribution < -0.4 is 16.0 Å². The van der Waals surface area contributed by atoms with E-state index in [1.807, 2.05) is 30.1 Å². The quantitative estimate of drug-likeness (QED) is 0.831. The third kappa shape index (κ3) is 3.10. The van der Waals surface area contributed by atoms with E-state index in [9.17, 15) is 4.79 Å². The number of anilines is 2. The van der Waals surface area contributed by atoms with Gasteiger partial charge in [-0.05, 0) is 47.0 Å². The summed E-state index contributed by atoms with van der Waals surface area (Å²) in [7, 11) is 1.89. The average Bonchev–Trinajstić information content (AvgIpc) is 3.23. The first-order chi connectivity index (χ1) is 10.0. The van der Waals surface area contributed by atoms with Crippen LogP contribution in [0.4, 0.5) is 11.4 Å². The number of fused-ring (bicyclic) bond motifs is 1. The van der Waals surface area contributed by atoms with Gasteiger partial charge in [0.1, 0.15) is 0 Å². The Labute approximate surface area is 131 Å². The molecule has 1 aliphatic rings. The number of halogens is 1. The summed E-state index contributed by atoms with van der Waals surface area (Å²) >= 11 is 3.41. The van der Waals surface area contributed by atoms with Gasteiger partial charge in [0.2, 0.25) is 5.91 Å². The molecule has 1 heterocycles. The molecule has 0 aliphatic heterocycles. The molecule has 0 radical (unpaired) electrons. The van der Waals surface area contributed by atoms with Crippen LogP contribution in [0.15, 0.2) is 28.9 Å². The SMILES string of the molecule is CN(CC(=O)NC1CC1)c1ccc(N)c2cc(Br)cnc12. The Morgan fingerprint density at radius 2 is 2.29 bits per heavy atom. The van der Waals surface area contributed by atoms with E-state index in [2.05, 4.69) is 26.2 Å². The second kappa shape index (κ2) is 5.52. The van der Waals surface area contributed by atoms with Crippen LogP contribution in [0.2, 0.25) is 0 Å². The Bertz CT molecular complexity index is 699. The molecule has 5 nitrogen and oxygen atoms in total. The summed E-state index contributed by atoms with van der Waals surface area (Å²) in [5, 5.41) is 3.88. The molecular weight excluding hydrogens is 332 g/mol. The van der Waals surface area contributed by atoms with Gasteiger partial charge in [0.15, 0.2) is 0 Å². The van der Waals surface area contributed by atoms with Crippen LogP contribution in [-0.2, 0) is 4.79 Å². The number of pyridine rings is 1. The van der Waals surface area contributed by atoms with Crippen molar-refractivity contribution in [3.05, 3.63) is 28.9 Å². The van der Waals surface area contributed by atoms with E-state index in [1.54, 1.807) is 6.20 Å². The first kappa shape index (κ1) is 14.1. The van der Waals surface area contributed by atoms with Crippen molar-refractivity contribution in [3.8, 4) is 0 Å². The lowest BCUT2D eigenvalue weighted by molar-refractivity contribution is -0.119. The number of aromatic nitrogens is 1. The molecule has 0 bridgehead atoms. The molecule has 2 aromatic rings. The van der Waals surface area contributed by atoms with E-state index in [0.29, 0.717) is 18.3 Å². The first-order valence-electron chi connectivity index (χ1n) is 6.89. The van der Waals surface area contributed by atoms with Gasteiger partial charge in [-0.3, -0.25) is 9.78 Å². The fourth-order valence-corrected chi connectivity index (χ4v) is 2.64. The molecule has 110 valence electrons. The summed E-state index contributed by atoms with van der Waals surface area (Å²) < 4.78 is 0.882. The Morgan fingerprint density at radius 1 is 1.52 bits per heavy atom. The van der Waals surface area contributed by atoms with Crippen LogP contribution in [0.1, 0.15) is 12.8 Å². The van der Waals surface area contributed by atoms with Crippen LogP contribution in [0, 0.1) is 0 Å². The Hall–Kier alpha value is -1.82. The minimum Gasteiger partial charge on any atom is -0.398 e. The summed E-state index contributed by atoms with van der Waals surface area (Å²) in [4.78, 5) is 18.3. The summed E-state index contributed by atoms with van der Waals surface area (Å²) in [5.74, 6) is 0.0436. The molecule has 1 aromatic carbocycles. The average molecular weight is 349 g/mol. The first-order valence-corrected chi connectivity index (χ1v) is 7.68. The fraction of sp³-hybridized carbons (Fsp3) is 0.333. The van der Waals surface area contributed by atoms with Crippen molar-refractivity contribution in [1.29, 1.82) is 0 Å². The summed E-state index contributed by atoms with van der Waals surface area (Å²) in [6.07, 6.45) is 3.93. The van der Waals surface area contributed by atoms with E-state index in [-0.39, 0.29) is 5.91 Å². The maximum Gasteiger partial charge on any atom is 0.239 e. The lowest BCUT2D eigenvalue weighted by Gasteiger charge is -2.20. The second-order valence-electron chi connectivity index (χ2n) is 5.42. The normalized spacial score (nSPS) is 14.2. The summed E-state index contributed by atoms with van der Waals surface area (Å²) in [5.41, 5.74) is 8.40. The zero-order valence-corrected chi connectivity index (χ0v) is 13.4. The second-order valence-corrected chi connectivity index (χ2v) is 6.34. The maximum absolute atomic E-state index is 11.9. The zero-order chi connectivity index (χ0) is 15.0. The number of nitrogens with zero attached hydrogens (tertiary/aromatic N) is 2. The highest BCUT2D eigenvalue weighted by Gasteiger charge is 2.24. The van der Waals surface area contributed by atoms with Crippen molar-refractivity contribution in [2.45, 2.75) is 18.9 Å². The molecule has 1 fully saturated rings. The molecule has 0 atom stereocenters. The van der Waals surface area contributed by atoms with Crippen molar-refractivity contribution < 1.29 is 4.79 Å².